The van der Waals surface area contributed by atoms with E-state index in [0.717, 1.165) is 45.5 Å². The summed E-state index contributed by atoms with van der Waals surface area (Å²) >= 11 is 0. The molecule has 0 aromatic carbocycles. The normalized spacial score (nSPS) is 31.0. The number of morpholine rings is 1. The van der Waals surface area contributed by atoms with Gasteiger partial charge in [-0.3, -0.25) is 9.69 Å². The van der Waals surface area contributed by atoms with Gasteiger partial charge in [0.1, 0.15) is 0 Å². The molecular formula is C16H31N3O2. The van der Waals surface area contributed by atoms with Crippen LogP contribution < -0.4 is 11.1 Å². The molecular weight excluding hydrogens is 266 g/mol. The summed E-state index contributed by atoms with van der Waals surface area (Å²) in [6.07, 6.45) is 6.44. The van der Waals surface area contributed by atoms with E-state index in [9.17, 15) is 4.79 Å². The maximum absolute atomic E-state index is 11.9. The Morgan fingerprint density at radius 1 is 1.43 bits per heavy atom. The molecule has 0 aromatic rings. The Kier molecular flexibility index (Phi) is 6.93. The predicted molar refractivity (Wildman–Crippen MR) is 84.0 cm³/mol. The quantitative estimate of drug-likeness (QED) is 0.771. The van der Waals surface area contributed by atoms with E-state index in [2.05, 4.69) is 17.1 Å². The van der Waals surface area contributed by atoms with Gasteiger partial charge in [-0.15, -0.1) is 0 Å². The third kappa shape index (κ3) is 5.93. The third-order valence-electron chi connectivity index (χ3n) is 4.80. The smallest absolute Gasteiger partial charge is 0.220 e. The van der Waals surface area contributed by atoms with Crippen molar-refractivity contribution in [1.29, 1.82) is 0 Å². The zero-order valence-corrected chi connectivity index (χ0v) is 13.4. The first kappa shape index (κ1) is 16.7. The topological polar surface area (TPSA) is 67.6 Å². The maximum atomic E-state index is 11.9. The molecule has 0 aromatic heterocycles. The average molecular weight is 297 g/mol. The van der Waals surface area contributed by atoms with Crippen molar-refractivity contribution in [1.82, 2.24) is 10.2 Å². The van der Waals surface area contributed by atoms with Gasteiger partial charge in [0, 0.05) is 32.1 Å². The van der Waals surface area contributed by atoms with Crippen molar-refractivity contribution < 1.29 is 9.53 Å². The molecule has 0 radical (unpaired) electrons. The van der Waals surface area contributed by atoms with Crippen molar-refractivity contribution >= 4 is 5.91 Å². The average Bonchev–Trinajstić information content (AvgIpc) is 2.51. The molecule has 5 heteroatoms. The number of amides is 1. The summed E-state index contributed by atoms with van der Waals surface area (Å²) in [6.45, 7) is 6.55. The van der Waals surface area contributed by atoms with Crippen LogP contribution in [0.25, 0.3) is 0 Å². The molecule has 0 bridgehead atoms. The van der Waals surface area contributed by atoms with Gasteiger partial charge in [-0.05, 0) is 31.7 Å². The summed E-state index contributed by atoms with van der Waals surface area (Å²) in [5.74, 6) is 0.799. The zero-order chi connectivity index (χ0) is 15.1. The minimum Gasteiger partial charge on any atom is -0.374 e. The Labute approximate surface area is 128 Å². The van der Waals surface area contributed by atoms with Crippen LogP contribution >= 0.6 is 0 Å². The van der Waals surface area contributed by atoms with Gasteiger partial charge in [0.15, 0.2) is 0 Å². The van der Waals surface area contributed by atoms with Crippen LogP contribution in [0.15, 0.2) is 0 Å². The van der Waals surface area contributed by atoms with Gasteiger partial charge in [-0.1, -0.05) is 19.8 Å². The second-order valence-corrected chi connectivity index (χ2v) is 6.52. The van der Waals surface area contributed by atoms with Crippen molar-refractivity contribution in [2.24, 2.45) is 11.7 Å². The highest BCUT2D eigenvalue weighted by Gasteiger charge is 2.21. The lowest BCUT2D eigenvalue weighted by Crippen LogP contribution is -2.47. The molecule has 21 heavy (non-hydrogen) atoms. The number of likely N-dealkylation sites (N-methyl/N-ethyl adjacent to an activating group) is 1. The van der Waals surface area contributed by atoms with Crippen molar-refractivity contribution in [3.8, 4) is 0 Å². The van der Waals surface area contributed by atoms with Gasteiger partial charge in [0.2, 0.25) is 5.91 Å². The molecule has 3 atom stereocenters. The molecule has 1 saturated heterocycles. The molecule has 2 aliphatic rings. The van der Waals surface area contributed by atoms with E-state index in [1.807, 2.05) is 0 Å². The monoisotopic (exact) mass is 297 g/mol. The van der Waals surface area contributed by atoms with E-state index in [0.29, 0.717) is 24.9 Å². The van der Waals surface area contributed by atoms with Gasteiger partial charge < -0.3 is 15.8 Å². The number of nitrogens with zero attached hydrogens (tertiary/aromatic N) is 1. The number of carbonyl (C=O) groups is 1. The van der Waals surface area contributed by atoms with Crippen LogP contribution in [0.2, 0.25) is 0 Å². The number of hydrogen-bond acceptors (Lipinski definition) is 4. The van der Waals surface area contributed by atoms with Crippen LogP contribution in [0.4, 0.5) is 0 Å². The lowest BCUT2D eigenvalue weighted by molar-refractivity contribution is -0.122. The van der Waals surface area contributed by atoms with Crippen molar-refractivity contribution in [2.75, 3.05) is 32.8 Å². The van der Waals surface area contributed by atoms with Crippen LogP contribution in [0.1, 0.15) is 45.4 Å². The number of ether oxygens (including phenoxy) is 1. The first-order chi connectivity index (χ1) is 10.2. The second-order valence-electron chi connectivity index (χ2n) is 6.52. The molecule has 0 spiro atoms. The van der Waals surface area contributed by atoms with Crippen LogP contribution in [-0.2, 0) is 9.53 Å². The Morgan fingerprint density at radius 3 is 3.05 bits per heavy atom. The standard InChI is InChI=1S/C16H31N3O2/c1-2-19-8-9-21-15(12-19)11-18-16(20)7-6-13-4-3-5-14(17)10-13/h13-15H,2-12,17H2,1H3,(H,18,20). The van der Waals surface area contributed by atoms with E-state index in [-0.39, 0.29) is 12.0 Å². The van der Waals surface area contributed by atoms with Gasteiger partial charge in [0.25, 0.3) is 0 Å². The number of rotatable bonds is 6. The maximum Gasteiger partial charge on any atom is 0.220 e. The molecule has 1 amide bonds. The molecule has 5 nitrogen and oxygen atoms in total. The highest BCUT2D eigenvalue weighted by Crippen LogP contribution is 2.26. The fraction of sp³-hybridized carbons (Fsp3) is 0.938. The summed E-state index contributed by atoms with van der Waals surface area (Å²) in [4.78, 5) is 14.3. The number of carbonyl (C=O) groups excluding carboxylic acids is 1. The van der Waals surface area contributed by atoms with Crippen molar-refractivity contribution in [2.45, 2.75) is 57.6 Å². The van der Waals surface area contributed by atoms with E-state index < -0.39 is 0 Å². The predicted octanol–water partition coefficient (Wildman–Crippen LogP) is 1.12. The van der Waals surface area contributed by atoms with E-state index in [1.165, 1.54) is 12.8 Å². The van der Waals surface area contributed by atoms with Gasteiger partial charge in [-0.25, -0.2) is 0 Å². The molecule has 2 rings (SSSR count). The molecule has 1 heterocycles. The Hall–Kier alpha value is -0.650. The lowest BCUT2D eigenvalue weighted by Gasteiger charge is -2.32. The Balaban J connectivity index is 1.59. The fourth-order valence-electron chi connectivity index (χ4n) is 3.44. The first-order valence-electron chi connectivity index (χ1n) is 8.53. The van der Waals surface area contributed by atoms with Crippen LogP contribution in [0.3, 0.4) is 0 Å². The van der Waals surface area contributed by atoms with Crippen LogP contribution in [0, 0.1) is 5.92 Å². The zero-order valence-electron chi connectivity index (χ0n) is 13.4. The number of hydrogen-bond donors (Lipinski definition) is 2. The number of nitrogens with two attached hydrogens (primary N) is 1. The molecule has 2 fully saturated rings. The first-order valence-corrected chi connectivity index (χ1v) is 8.53. The molecule has 3 unspecified atom stereocenters. The summed E-state index contributed by atoms with van der Waals surface area (Å²) in [5, 5.41) is 3.03. The second kappa shape index (κ2) is 8.71. The van der Waals surface area contributed by atoms with Crippen molar-refractivity contribution in [3.63, 3.8) is 0 Å². The van der Waals surface area contributed by atoms with Crippen molar-refractivity contribution in [3.05, 3.63) is 0 Å². The van der Waals surface area contributed by atoms with Gasteiger partial charge in [0.05, 0.1) is 12.7 Å². The van der Waals surface area contributed by atoms with Gasteiger partial charge in [-0.2, -0.15) is 0 Å². The third-order valence-corrected chi connectivity index (χ3v) is 4.80. The minimum atomic E-state index is 0.144. The minimum absolute atomic E-state index is 0.144. The molecule has 1 aliphatic carbocycles. The Bertz CT molecular complexity index is 325. The molecule has 1 saturated carbocycles. The fourth-order valence-corrected chi connectivity index (χ4v) is 3.44. The molecule has 1 aliphatic heterocycles. The van der Waals surface area contributed by atoms with Crippen LogP contribution in [0.5, 0.6) is 0 Å². The Morgan fingerprint density at radius 2 is 2.29 bits per heavy atom. The summed E-state index contributed by atoms with van der Waals surface area (Å²) in [7, 11) is 0. The molecule has 3 N–H and O–H groups in total. The molecule has 122 valence electrons. The summed E-state index contributed by atoms with van der Waals surface area (Å²) in [5.41, 5.74) is 5.99. The summed E-state index contributed by atoms with van der Waals surface area (Å²) in [6, 6.07) is 0.350. The highest BCUT2D eigenvalue weighted by atomic mass is 16.5. The van der Waals surface area contributed by atoms with E-state index >= 15 is 0 Å². The van der Waals surface area contributed by atoms with Crippen LogP contribution in [-0.4, -0.2) is 55.7 Å². The summed E-state index contributed by atoms with van der Waals surface area (Å²) < 4.78 is 5.70. The highest BCUT2D eigenvalue weighted by molar-refractivity contribution is 5.75. The van der Waals surface area contributed by atoms with Gasteiger partial charge >= 0.3 is 0 Å². The lowest BCUT2D eigenvalue weighted by atomic mass is 9.83. The SMILES string of the molecule is CCN1CCOC(CNC(=O)CCC2CCCC(N)C2)C1. The van der Waals surface area contributed by atoms with E-state index in [1.54, 1.807) is 0 Å². The number of nitrogens with one attached hydrogen (secondary N) is 1. The largest absolute Gasteiger partial charge is 0.374 e. The van der Waals surface area contributed by atoms with E-state index in [4.69, 9.17) is 10.5 Å².